The van der Waals surface area contributed by atoms with Crippen LogP contribution in [0.2, 0.25) is 5.15 Å². The molecule has 2 unspecified atom stereocenters. The van der Waals surface area contributed by atoms with Crippen molar-refractivity contribution in [2.45, 2.75) is 31.7 Å². The average Bonchev–Trinajstić information content (AvgIpc) is 2.40. The van der Waals surface area contributed by atoms with Crippen molar-refractivity contribution in [1.29, 1.82) is 0 Å². The quantitative estimate of drug-likeness (QED) is 0.870. The van der Waals surface area contributed by atoms with E-state index >= 15 is 0 Å². The van der Waals surface area contributed by atoms with E-state index < -0.39 is 0 Å². The molecule has 1 fully saturated rings. The highest BCUT2D eigenvalue weighted by Gasteiger charge is 2.26. The van der Waals surface area contributed by atoms with E-state index in [1.807, 2.05) is 0 Å². The van der Waals surface area contributed by atoms with E-state index in [4.69, 9.17) is 11.6 Å². The molecule has 1 aromatic heterocycles. The summed E-state index contributed by atoms with van der Waals surface area (Å²) >= 11 is 5.62. The normalized spacial score (nSPS) is 23.7. The summed E-state index contributed by atoms with van der Waals surface area (Å²) in [6.45, 7) is 0.108. The summed E-state index contributed by atoms with van der Waals surface area (Å²) in [5.74, 6) is -0.118. The zero-order chi connectivity index (χ0) is 13.0. The molecule has 1 heterocycles. The van der Waals surface area contributed by atoms with Gasteiger partial charge in [0, 0.05) is 18.6 Å². The molecule has 1 saturated carbocycles. The number of halogens is 1. The van der Waals surface area contributed by atoms with Crippen LogP contribution >= 0.6 is 11.6 Å². The van der Waals surface area contributed by atoms with Crippen LogP contribution in [0.4, 0.5) is 0 Å². The third-order valence-electron chi connectivity index (χ3n) is 3.31. The zero-order valence-electron chi connectivity index (χ0n) is 9.97. The van der Waals surface area contributed by atoms with Crippen molar-refractivity contribution in [2.24, 2.45) is 5.92 Å². The van der Waals surface area contributed by atoms with E-state index in [0.717, 1.165) is 25.7 Å². The molecule has 0 aromatic carbocycles. The van der Waals surface area contributed by atoms with Gasteiger partial charge >= 0.3 is 0 Å². The number of aliphatic hydroxyl groups excluding tert-OH is 1. The third-order valence-corrected chi connectivity index (χ3v) is 3.51. The van der Waals surface area contributed by atoms with Crippen molar-refractivity contribution in [3.63, 3.8) is 0 Å². The minimum Gasteiger partial charge on any atom is -0.396 e. The highest BCUT2D eigenvalue weighted by Crippen LogP contribution is 2.24. The highest BCUT2D eigenvalue weighted by molar-refractivity contribution is 6.29. The monoisotopic (exact) mass is 269 g/mol. The van der Waals surface area contributed by atoms with Gasteiger partial charge in [0.25, 0.3) is 5.91 Å². The summed E-state index contributed by atoms with van der Waals surface area (Å²) < 4.78 is 0. The molecular formula is C12H16ClN3O2. The molecule has 2 rings (SSSR count). The number of hydrogen-bond acceptors (Lipinski definition) is 4. The first kappa shape index (κ1) is 13.2. The Morgan fingerprint density at radius 1 is 1.39 bits per heavy atom. The molecule has 1 amide bonds. The summed E-state index contributed by atoms with van der Waals surface area (Å²) in [7, 11) is 0. The molecule has 18 heavy (non-hydrogen) atoms. The van der Waals surface area contributed by atoms with Crippen molar-refractivity contribution in [1.82, 2.24) is 15.3 Å². The third kappa shape index (κ3) is 3.17. The summed E-state index contributed by atoms with van der Waals surface area (Å²) in [4.78, 5) is 19.7. The van der Waals surface area contributed by atoms with E-state index in [2.05, 4.69) is 15.3 Å². The van der Waals surface area contributed by atoms with Gasteiger partial charge in [-0.3, -0.25) is 4.79 Å². The van der Waals surface area contributed by atoms with Crippen LogP contribution in [0.5, 0.6) is 0 Å². The zero-order valence-corrected chi connectivity index (χ0v) is 10.7. The Labute approximate surface area is 111 Å². The molecule has 1 aromatic rings. The summed E-state index contributed by atoms with van der Waals surface area (Å²) in [5, 5.41) is 12.5. The van der Waals surface area contributed by atoms with Crippen LogP contribution in [0.15, 0.2) is 12.4 Å². The van der Waals surface area contributed by atoms with Crippen LogP contribution in [-0.4, -0.2) is 33.6 Å². The first-order valence-corrected chi connectivity index (χ1v) is 6.48. The lowest BCUT2D eigenvalue weighted by atomic mass is 9.85. The molecule has 0 spiro atoms. The largest absolute Gasteiger partial charge is 0.396 e. The van der Waals surface area contributed by atoms with Gasteiger partial charge in [0.2, 0.25) is 0 Å². The van der Waals surface area contributed by atoms with Crippen molar-refractivity contribution in [3.05, 3.63) is 23.2 Å². The Morgan fingerprint density at radius 3 is 2.83 bits per heavy atom. The maximum absolute atomic E-state index is 11.9. The van der Waals surface area contributed by atoms with E-state index in [1.54, 1.807) is 0 Å². The summed E-state index contributed by atoms with van der Waals surface area (Å²) in [6, 6.07) is 0.0220. The molecule has 0 aliphatic heterocycles. The SMILES string of the molecule is O=C(NC1CCCCC1CO)c1cnc(Cl)cn1. The Bertz CT molecular complexity index is 410. The van der Waals surface area contributed by atoms with Gasteiger partial charge < -0.3 is 10.4 Å². The maximum Gasteiger partial charge on any atom is 0.271 e. The van der Waals surface area contributed by atoms with Gasteiger partial charge in [-0.1, -0.05) is 24.4 Å². The molecule has 2 atom stereocenters. The number of nitrogens with zero attached hydrogens (tertiary/aromatic N) is 2. The first-order valence-electron chi connectivity index (χ1n) is 6.10. The molecule has 1 aliphatic carbocycles. The topological polar surface area (TPSA) is 75.1 Å². The first-order chi connectivity index (χ1) is 8.70. The smallest absolute Gasteiger partial charge is 0.271 e. The molecule has 0 radical (unpaired) electrons. The Kier molecular flexibility index (Phi) is 4.49. The number of rotatable bonds is 3. The molecule has 2 N–H and O–H groups in total. The summed E-state index contributed by atoms with van der Waals surface area (Å²) in [5.41, 5.74) is 0.252. The Morgan fingerprint density at radius 2 is 2.17 bits per heavy atom. The van der Waals surface area contributed by atoms with Gasteiger partial charge in [-0.05, 0) is 12.8 Å². The number of nitrogens with one attached hydrogen (secondary N) is 1. The molecule has 0 saturated heterocycles. The summed E-state index contributed by atoms with van der Waals surface area (Å²) in [6.07, 6.45) is 6.74. The molecular weight excluding hydrogens is 254 g/mol. The van der Waals surface area contributed by atoms with Gasteiger partial charge in [0.05, 0.1) is 12.4 Å². The lowest BCUT2D eigenvalue weighted by molar-refractivity contribution is 0.0867. The van der Waals surface area contributed by atoms with Crippen molar-refractivity contribution in [3.8, 4) is 0 Å². The van der Waals surface area contributed by atoms with Gasteiger partial charge in [0.1, 0.15) is 10.8 Å². The fraction of sp³-hybridized carbons (Fsp3) is 0.583. The van der Waals surface area contributed by atoms with Gasteiger partial charge in [-0.15, -0.1) is 0 Å². The van der Waals surface area contributed by atoms with Gasteiger partial charge in [0.15, 0.2) is 0 Å². The number of amides is 1. The second kappa shape index (κ2) is 6.11. The predicted molar refractivity (Wildman–Crippen MR) is 67.3 cm³/mol. The lowest BCUT2D eigenvalue weighted by Crippen LogP contribution is -2.43. The molecule has 1 aliphatic rings. The number of hydrogen-bond donors (Lipinski definition) is 2. The van der Waals surface area contributed by atoms with E-state index in [1.165, 1.54) is 12.4 Å². The van der Waals surface area contributed by atoms with Crippen molar-refractivity contribution < 1.29 is 9.90 Å². The molecule has 6 heteroatoms. The van der Waals surface area contributed by atoms with E-state index in [0.29, 0.717) is 0 Å². The van der Waals surface area contributed by atoms with E-state index in [-0.39, 0.29) is 35.3 Å². The average molecular weight is 270 g/mol. The molecule has 5 nitrogen and oxygen atoms in total. The standard InChI is InChI=1S/C12H16ClN3O2/c13-11-6-14-10(5-15-11)12(18)16-9-4-2-1-3-8(9)7-17/h5-6,8-9,17H,1-4,7H2,(H,16,18). The van der Waals surface area contributed by atoms with Crippen LogP contribution in [0.3, 0.4) is 0 Å². The van der Waals surface area contributed by atoms with Crippen LogP contribution in [0.1, 0.15) is 36.2 Å². The number of aliphatic hydroxyl groups is 1. The second-order valence-corrected chi connectivity index (χ2v) is 4.92. The van der Waals surface area contributed by atoms with Crippen LogP contribution < -0.4 is 5.32 Å². The van der Waals surface area contributed by atoms with Crippen LogP contribution in [0.25, 0.3) is 0 Å². The van der Waals surface area contributed by atoms with Gasteiger partial charge in [-0.25, -0.2) is 9.97 Å². The minimum absolute atomic E-state index is 0.0220. The predicted octanol–water partition coefficient (Wildman–Crippen LogP) is 1.41. The Hall–Kier alpha value is -1.20. The van der Waals surface area contributed by atoms with E-state index in [9.17, 15) is 9.90 Å². The molecule has 98 valence electrons. The maximum atomic E-state index is 11.9. The fourth-order valence-electron chi connectivity index (χ4n) is 2.29. The molecule has 0 bridgehead atoms. The minimum atomic E-state index is -0.260. The number of carbonyl (C=O) groups is 1. The number of carbonyl (C=O) groups excluding carboxylic acids is 1. The van der Waals surface area contributed by atoms with Crippen molar-refractivity contribution in [2.75, 3.05) is 6.61 Å². The number of aromatic nitrogens is 2. The van der Waals surface area contributed by atoms with Gasteiger partial charge in [-0.2, -0.15) is 0 Å². The fourth-order valence-corrected chi connectivity index (χ4v) is 2.39. The lowest BCUT2D eigenvalue weighted by Gasteiger charge is -2.30. The highest BCUT2D eigenvalue weighted by atomic mass is 35.5. The Balaban J connectivity index is 1.99. The second-order valence-electron chi connectivity index (χ2n) is 4.53. The van der Waals surface area contributed by atoms with Crippen molar-refractivity contribution >= 4 is 17.5 Å². The van der Waals surface area contributed by atoms with Crippen LogP contribution in [0, 0.1) is 5.92 Å². The van der Waals surface area contributed by atoms with Crippen LogP contribution in [-0.2, 0) is 0 Å².